The van der Waals surface area contributed by atoms with Crippen molar-refractivity contribution in [1.82, 2.24) is 0 Å². The van der Waals surface area contributed by atoms with Gasteiger partial charge >= 0.3 is 0 Å². The second-order valence-corrected chi connectivity index (χ2v) is 31.3. The number of sulfone groups is 1. The molecule has 0 amide bonds. The van der Waals surface area contributed by atoms with Gasteiger partial charge in [0.1, 0.15) is 24.5 Å². The van der Waals surface area contributed by atoms with Gasteiger partial charge in [0, 0.05) is 109 Å². The minimum Gasteiger partial charge on any atom is -0.398 e. The van der Waals surface area contributed by atoms with Gasteiger partial charge in [-0.3, -0.25) is 54.1 Å². The number of benzene rings is 7. The van der Waals surface area contributed by atoms with Crippen LogP contribution in [0.2, 0.25) is 5.02 Å². The fraction of sp³-hybridized carbons (Fsp3) is 0.200. The molecule has 7 rings (SSSR count). The molecule has 610 valence electrons. The van der Waals surface area contributed by atoms with Crippen molar-refractivity contribution in [2.45, 2.75) is 80.5 Å². The summed E-state index contributed by atoms with van der Waals surface area (Å²) in [6.07, 6.45) is 2.49. The Morgan fingerprint density at radius 2 is 0.660 bits per heavy atom. The summed E-state index contributed by atoms with van der Waals surface area (Å²) in [5.41, 5.74) is 22.3. The van der Waals surface area contributed by atoms with Crippen LogP contribution in [0, 0.1) is 55.3 Å². The summed E-state index contributed by atoms with van der Waals surface area (Å²) in [7, 11) is -31.1. The van der Waals surface area contributed by atoms with Crippen LogP contribution in [-0.4, -0.2) is 119 Å². The third-order valence-electron chi connectivity index (χ3n) is 10.1. The first-order valence-electron chi connectivity index (χ1n) is 24.7. The van der Waals surface area contributed by atoms with Crippen LogP contribution in [0.5, 0.6) is 0 Å². The zero-order valence-corrected chi connectivity index (χ0v) is 62.8. The maximum absolute atomic E-state index is 11.6. The second kappa shape index (κ2) is 51.5. The molecule has 106 heavy (non-hydrogen) atoms. The van der Waals surface area contributed by atoms with E-state index in [1.54, 1.807) is 0 Å². The van der Waals surface area contributed by atoms with Gasteiger partial charge in [-0.2, -0.15) is 25.3 Å². The van der Waals surface area contributed by atoms with Gasteiger partial charge in [0.25, 0.3) is 53.1 Å². The Labute approximate surface area is 650 Å². The molecule has 20 N–H and O–H groups in total. The van der Waals surface area contributed by atoms with Crippen LogP contribution >= 0.6 is 11.6 Å². The van der Waals surface area contributed by atoms with Crippen molar-refractivity contribution in [1.29, 1.82) is 0 Å². The molecule has 51 heteroatoms. The molecule has 0 heterocycles. The van der Waals surface area contributed by atoms with Gasteiger partial charge in [0.15, 0.2) is 9.84 Å². The Bertz CT molecular complexity index is 4680. The molecule has 0 fully saturated rings. The Morgan fingerprint density at radius 1 is 0.396 bits per heavy atom. The number of nitrogens with zero attached hydrogens (tertiary/aromatic N) is 4. The van der Waals surface area contributed by atoms with Crippen LogP contribution in [-0.2, 0) is 140 Å². The molecule has 0 aromatic heterocycles. The summed E-state index contributed by atoms with van der Waals surface area (Å²) in [6, 6.07) is 35.6. The minimum absolute atomic E-state index is 0. The van der Waals surface area contributed by atoms with Crippen molar-refractivity contribution in [3.8, 4) is 0 Å². The zero-order chi connectivity index (χ0) is 75.6. The van der Waals surface area contributed by atoms with E-state index in [0.717, 1.165) is 66.4 Å². The van der Waals surface area contributed by atoms with E-state index in [2.05, 4.69) is 5.32 Å². The fourth-order valence-electron chi connectivity index (χ4n) is 6.20. The summed E-state index contributed by atoms with van der Waals surface area (Å²) in [5.74, 6) is -0.254. The summed E-state index contributed by atoms with van der Waals surface area (Å²) < 4.78 is 193. The number of nitrogens with two attached hydrogens (primary N) is 8. The molecule has 0 radical (unpaired) electrons. The first kappa shape index (κ1) is 119. The number of halogens is 1. The predicted molar refractivity (Wildman–Crippen MR) is 400 cm³/mol. The molecule has 0 spiro atoms. The molecule has 0 unspecified atom stereocenters. The quantitative estimate of drug-likeness (QED) is 0.0127. The molecule has 0 bridgehead atoms. The number of primary sulfonamides is 4. The topological polar surface area (TPSA) is 727 Å². The van der Waals surface area contributed by atoms with Crippen LogP contribution in [0.4, 0.5) is 45.5 Å². The monoisotopic (exact) mass is 1860 g/mol. The van der Waals surface area contributed by atoms with Crippen LogP contribution in [0.1, 0.15) is 53.8 Å². The predicted octanol–water partition coefficient (Wildman–Crippen LogP) is 6.69. The van der Waals surface area contributed by atoms with E-state index in [1.807, 2.05) is 60.7 Å². The Balaban J connectivity index is -0.000000126. The summed E-state index contributed by atoms with van der Waals surface area (Å²) in [4.78, 5) is 36.6. The number of nitrogens with one attached hydrogen (secondary N) is 1. The molecule has 0 saturated carbocycles. The Kier molecular flexibility index (Phi) is 58.0. The number of nitrogen functional groups attached to an aromatic ring is 3. The van der Waals surface area contributed by atoms with Crippen molar-refractivity contribution < 1.29 is 142 Å². The molecular formula is C55H86ClN13O27Pd2S8-2. The molecular weight excluding hydrogens is 1780 g/mol. The van der Waals surface area contributed by atoms with E-state index in [1.165, 1.54) is 35.9 Å². The number of nitro benzene ring substituents is 4. The van der Waals surface area contributed by atoms with Crippen molar-refractivity contribution in [2.75, 3.05) is 41.3 Å². The molecule has 0 saturated heterocycles. The van der Waals surface area contributed by atoms with Gasteiger partial charge in [0.2, 0.25) is 40.1 Å². The average molecular weight is 1870 g/mol. The normalized spacial score (nSPS) is 10.3. The molecule has 40 nitrogen and oxygen atoms in total. The van der Waals surface area contributed by atoms with Gasteiger partial charge < -0.3 is 43.1 Å². The van der Waals surface area contributed by atoms with Crippen molar-refractivity contribution in [3.05, 3.63) is 229 Å². The largest absolute Gasteiger partial charge is 0.398 e. The molecule has 0 atom stereocenters. The zero-order valence-electron chi connectivity index (χ0n) is 52.4. The molecule has 0 aliphatic carbocycles. The van der Waals surface area contributed by atoms with E-state index >= 15 is 0 Å². The van der Waals surface area contributed by atoms with Crippen LogP contribution in [0.3, 0.4) is 0 Å². The van der Waals surface area contributed by atoms with Gasteiger partial charge in [-0.25, -0.2) is 62.6 Å². The first-order chi connectivity index (χ1) is 43.9. The van der Waals surface area contributed by atoms with Crippen molar-refractivity contribution in [3.63, 3.8) is 0 Å². The number of anilines is 4. The van der Waals surface area contributed by atoms with Gasteiger partial charge in [0.05, 0.1) is 65.7 Å². The maximum Gasteiger partial charge on any atom is 0.296 e. The first-order valence-corrected chi connectivity index (χ1v) is 38.4. The van der Waals surface area contributed by atoms with E-state index < -0.39 is 120 Å². The van der Waals surface area contributed by atoms with E-state index in [-0.39, 0.29) is 153 Å². The fourth-order valence-corrected chi connectivity index (χ4v) is 10.8. The van der Waals surface area contributed by atoms with E-state index in [0.29, 0.717) is 37.2 Å². The number of hydrogen-bond donors (Lipinski definition) is 12. The minimum atomic E-state index is -4.53. The number of rotatable bonds is 15. The van der Waals surface area contributed by atoms with Gasteiger partial charge in [-0.15, -0.1) is 0 Å². The Morgan fingerprint density at radius 3 is 0.934 bits per heavy atom. The summed E-state index contributed by atoms with van der Waals surface area (Å²) in [5, 5.41) is 63.9. The molecule has 0 aliphatic rings. The summed E-state index contributed by atoms with van der Waals surface area (Å²) >= 11 is 5.42. The van der Waals surface area contributed by atoms with E-state index in [4.69, 9.17) is 68.7 Å². The average Bonchev–Trinajstić information content (AvgIpc) is 0.847. The number of nitro groups is 4. The number of non-ortho nitro benzene ring substituents is 4. The van der Waals surface area contributed by atoms with Crippen LogP contribution in [0.25, 0.3) is 0 Å². The molecule has 0 aliphatic heterocycles. The third kappa shape index (κ3) is 50.7. The van der Waals surface area contributed by atoms with Gasteiger partial charge in [-0.05, 0) is 53.1 Å². The maximum atomic E-state index is 11.6. The van der Waals surface area contributed by atoms with Crippen molar-refractivity contribution in [2.24, 2.45) is 26.3 Å². The van der Waals surface area contributed by atoms with Gasteiger partial charge in [-0.1, -0.05) is 115 Å². The van der Waals surface area contributed by atoms with Crippen molar-refractivity contribution >= 4 is 137 Å². The third-order valence-corrected chi connectivity index (χ3v) is 16.2. The summed E-state index contributed by atoms with van der Waals surface area (Å²) in [6.45, 7) is 1.02. The number of sulfonamides is 4. The van der Waals surface area contributed by atoms with E-state index in [9.17, 15) is 108 Å². The number of hydrogen-bond acceptors (Lipinski definition) is 29. The second-order valence-electron chi connectivity index (χ2n) is 18.4. The Hall–Kier alpha value is -7.77. The smallest absolute Gasteiger partial charge is 0.296 e. The molecule has 7 aromatic rings. The standard InChI is InChI=1S/C13H13N3O4S.C8H12N2O4S2.C7H9N.C6H4ClNO5S.2C6H7N3O4S.2CH4O3S.5CH4.2CH3.2Pd/c14-21(19,20)13-8-11(16(17)18)6-7-12(13)15-9-10-4-2-1-3-5-10;1-15(11,12)5-6-2-3-7(9)8(4-6)16(10,13)14;8-6-7-4-2-1-3-5-7;7-5-2-1-4(8(9)10)3-6(5)14(11,12)13;2*7-5-2-1-4(9(10)11)3-6(5)14(8,12)13;2*1-5(2,3)4;;;;;;;;;/h1-8,15H,9H2,(H2,14,19,20);2-4H,5,9H2,1H3,(H2,10,13,14);1-5H,6,8H2;1-3H,(H,11,12,13);2*1-3H,7H2,(H2,8,12,13);2*1H3,(H,2,3,4);5*1H4;2*1H3;;/q;;;;;;;;;;;;;2*-1;;. The molecule has 7 aromatic carbocycles. The van der Waals surface area contributed by atoms with Crippen LogP contribution in [0.15, 0.2) is 176 Å². The van der Waals surface area contributed by atoms with Crippen LogP contribution < -0.4 is 48.8 Å². The SMILES string of the molecule is C.C.C.C.C.CS(=O)(=O)Cc1ccc(N)c(S(N)(=O)=O)c1.CS(=O)(=O)O.CS(=O)(=O)O.NCc1ccccc1.NS(=O)(=O)c1cc([N+](=O)[O-])ccc1NCc1ccccc1.Nc1ccc([N+](=O)[O-])cc1S(N)(=O)=O.Nc1ccc([N+](=O)[O-])cc1S(N)(=O)=O.O=[N+]([O-])c1ccc(Cl)c(S(=O)(=O)O)c1.[CH3-].[CH3-].[Pd].[Pd].